The molecule has 1 heterocycles. The van der Waals surface area contributed by atoms with Crippen LogP contribution in [0, 0.1) is 5.41 Å². The Morgan fingerprint density at radius 1 is 1.10 bits per heavy atom. The monoisotopic (exact) mass is 447 g/mol. The fourth-order valence-electron chi connectivity index (χ4n) is 4.07. The van der Waals surface area contributed by atoms with Crippen LogP contribution in [0.25, 0.3) is 0 Å². The molecule has 1 aliphatic heterocycles. The van der Waals surface area contributed by atoms with Gasteiger partial charge in [0.15, 0.2) is 0 Å². The first-order chi connectivity index (χ1) is 14.9. The van der Waals surface area contributed by atoms with E-state index in [9.17, 15) is 13.2 Å². The molecular formula is C23H29NO6S. The Morgan fingerprint density at radius 3 is 2.48 bits per heavy atom. The van der Waals surface area contributed by atoms with E-state index >= 15 is 0 Å². The van der Waals surface area contributed by atoms with Gasteiger partial charge in [-0.3, -0.25) is 4.79 Å². The van der Waals surface area contributed by atoms with Crippen molar-refractivity contribution in [3.05, 3.63) is 54.1 Å². The first-order valence-corrected chi connectivity index (χ1v) is 11.7. The molecule has 3 rings (SSSR count). The molecule has 8 heteroatoms. The predicted molar refractivity (Wildman–Crippen MR) is 117 cm³/mol. The normalized spacial score (nSPS) is 19.6. The molecule has 0 saturated carbocycles. The average Bonchev–Trinajstić information content (AvgIpc) is 2.79. The number of esters is 1. The van der Waals surface area contributed by atoms with E-state index in [0.29, 0.717) is 31.6 Å². The van der Waals surface area contributed by atoms with Crippen LogP contribution in [0.15, 0.2) is 53.4 Å². The van der Waals surface area contributed by atoms with E-state index in [1.54, 1.807) is 19.1 Å². The number of hydrogen-bond acceptors (Lipinski definition) is 6. The molecule has 0 radical (unpaired) electrons. The van der Waals surface area contributed by atoms with Crippen molar-refractivity contribution in [2.24, 2.45) is 5.41 Å². The molecule has 2 aromatic rings. The van der Waals surface area contributed by atoms with Gasteiger partial charge in [-0.15, -0.1) is 0 Å². The minimum atomic E-state index is -3.93. The number of carbonyl (C=O) groups excluding carboxylic acids is 1. The maximum absolute atomic E-state index is 13.6. The first kappa shape index (κ1) is 23.1. The molecule has 1 fully saturated rings. The molecule has 1 aliphatic rings. The van der Waals surface area contributed by atoms with Gasteiger partial charge < -0.3 is 14.2 Å². The summed E-state index contributed by atoms with van der Waals surface area (Å²) in [5, 5.41) is 0. The Morgan fingerprint density at radius 2 is 1.84 bits per heavy atom. The summed E-state index contributed by atoms with van der Waals surface area (Å²) >= 11 is 0. The van der Waals surface area contributed by atoms with E-state index in [0.717, 1.165) is 5.56 Å². The Labute approximate surface area is 184 Å². The van der Waals surface area contributed by atoms with E-state index in [-0.39, 0.29) is 29.8 Å². The van der Waals surface area contributed by atoms with Crippen LogP contribution in [0.4, 0.5) is 0 Å². The lowest BCUT2D eigenvalue weighted by molar-refractivity contribution is -0.157. The molecule has 31 heavy (non-hydrogen) atoms. The Hall–Kier alpha value is -2.58. The van der Waals surface area contributed by atoms with Crippen LogP contribution < -0.4 is 9.47 Å². The van der Waals surface area contributed by atoms with Crippen LogP contribution in [0.1, 0.15) is 25.3 Å². The number of hydrogen-bond donors (Lipinski definition) is 0. The highest BCUT2D eigenvalue weighted by Gasteiger charge is 2.47. The molecule has 0 N–H and O–H groups in total. The van der Waals surface area contributed by atoms with Crippen LogP contribution in [0.5, 0.6) is 11.5 Å². The maximum atomic E-state index is 13.6. The molecule has 1 saturated heterocycles. The third-order valence-corrected chi connectivity index (χ3v) is 7.49. The van der Waals surface area contributed by atoms with E-state index in [1.165, 1.54) is 24.6 Å². The molecule has 0 spiro atoms. The lowest BCUT2D eigenvalue weighted by Gasteiger charge is -2.40. The number of carbonyl (C=O) groups is 1. The highest BCUT2D eigenvalue weighted by Crippen LogP contribution is 2.39. The van der Waals surface area contributed by atoms with Gasteiger partial charge in [-0.25, -0.2) is 8.42 Å². The SMILES string of the molecule is CCOC(=O)[C@]1(Cc2ccccc2)CCCN(S(=O)(=O)c2cc(OC)ccc2OC)C1. The largest absolute Gasteiger partial charge is 0.497 e. The predicted octanol–water partition coefficient (Wildman–Crippen LogP) is 3.28. The Bertz CT molecular complexity index is 1010. The van der Waals surface area contributed by atoms with Gasteiger partial charge >= 0.3 is 5.97 Å². The lowest BCUT2D eigenvalue weighted by atomic mass is 9.75. The third kappa shape index (κ3) is 4.85. The second-order valence-corrected chi connectivity index (χ2v) is 9.53. The number of ether oxygens (including phenoxy) is 3. The van der Waals surface area contributed by atoms with E-state index < -0.39 is 15.4 Å². The topological polar surface area (TPSA) is 82.1 Å². The number of methoxy groups -OCH3 is 2. The van der Waals surface area contributed by atoms with Gasteiger partial charge in [0.1, 0.15) is 16.4 Å². The van der Waals surface area contributed by atoms with Crippen LogP contribution in [-0.2, 0) is 26.0 Å². The summed E-state index contributed by atoms with van der Waals surface area (Å²) in [6.07, 6.45) is 1.52. The highest BCUT2D eigenvalue weighted by molar-refractivity contribution is 7.89. The van der Waals surface area contributed by atoms with Crippen LogP contribution in [-0.4, -0.2) is 52.6 Å². The second kappa shape index (κ2) is 9.70. The van der Waals surface area contributed by atoms with E-state index in [2.05, 4.69) is 0 Å². The molecule has 0 aliphatic carbocycles. The highest BCUT2D eigenvalue weighted by atomic mass is 32.2. The van der Waals surface area contributed by atoms with Crippen LogP contribution >= 0.6 is 0 Å². The van der Waals surface area contributed by atoms with Crippen molar-refractivity contribution in [2.45, 2.75) is 31.1 Å². The zero-order valence-electron chi connectivity index (χ0n) is 18.2. The van der Waals surface area contributed by atoms with Crippen molar-refractivity contribution in [1.29, 1.82) is 0 Å². The van der Waals surface area contributed by atoms with Gasteiger partial charge in [-0.2, -0.15) is 4.31 Å². The summed E-state index contributed by atoms with van der Waals surface area (Å²) in [5.41, 5.74) is 0.0168. The zero-order chi connectivity index (χ0) is 22.5. The first-order valence-electron chi connectivity index (χ1n) is 10.3. The summed E-state index contributed by atoms with van der Waals surface area (Å²) in [6, 6.07) is 14.3. The quantitative estimate of drug-likeness (QED) is 0.578. The standard InChI is InChI=1S/C23H29NO6S/c1-4-30-22(25)23(16-18-9-6-5-7-10-18)13-8-14-24(17-23)31(26,27)21-15-19(28-2)11-12-20(21)29-3/h5-7,9-12,15H,4,8,13-14,16-17H2,1-3H3/t23-/m0/s1. The van der Waals surface area contributed by atoms with E-state index in [1.807, 2.05) is 30.3 Å². The summed E-state index contributed by atoms with van der Waals surface area (Å²) in [5.74, 6) is 0.282. The third-order valence-electron chi connectivity index (χ3n) is 5.62. The van der Waals surface area contributed by atoms with Gasteiger partial charge in [0.05, 0.1) is 26.2 Å². The van der Waals surface area contributed by atoms with Gasteiger partial charge in [-0.1, -0.05) is 30.3 Å². The number of sulfonamides is 1. The molecule has 0 aromatic heterocycles. The van der Waals surface area contributed by atoms with Crippen molar-refractivity contribution in [2.75, 3.05) is 33.9 Å². The summed E-state index contributed by atoms with van der Waals surface area (Å²) in [4.78, 5) is 13.1. The molecule has 1 atom stereocenters. The fraction of sp³-hybridized carbons (Fsp3) is 0.435. The summed E-state index contributed by atoms with van der Waals surface area (Å²) in [7, 11) is -1.03. The summed E-state index contributed by atoms with van der Waals surface area (Å²) in [6.45, 7) is 2.36. The van der Waals surface area contributed by atoms with Gasteiger partial charge in [-0.05, 0) is 43.9 Å². The number of rotatable bonds is 8. The van der Waals surface area contributed by atoms with Crippen LogP contribution in [0.3, 0.4) is 0 Å². The molecule has 7 nitrogen and oxygen atoms in total. The van der Waals surface area contributed by atoms with Crippen LogP contribution in [0.2, 0.25) is 0 Å². The van der Waals surface area contributed by atoms with Crippen molar-refractivity contribution in [3.63, 3.8) is 0 Å². The molecule has 0 unspecified atom stereocenters. The molecule has 168 valence electrons. The lowest BCUT2D eigenvalue weighted by Crippen LogP contribution is -2.51. The smallest absolute Gasteiger partial charge is 0.313 e. The maximum Gasteiger partial charge on any atom is 0.313 e. The minimum absolute atomic E-state index is 0.0220. The summed E-state index contributed by atoms with van der Waals surface area (Å²) < 4.78 is 44.5. The number of benzene rings is 2. The average molecular weight is 448 g/mol. The molecule has 2 aromatic carbocycles. The number of nitrogens with zero attached hydrogens (tertiary/aromatic N) is 1. The minimum Gasteiger partial charge on any atom is -0.497 e. The second-order valence-electron chi connectivity index (χ2n) is 7.62. The molecule has 0 bridgehead atoms. The van der Waals surface area contributed by atoms with Gasteiger partial charge in [0, 0.05) is 19.2 Å². The molecule has 0 amide bonds. The Kier molecular flexibility index (Phi) is 7.23. The van der Waals surface area contributed by atoms with Crippen molar-refractivity contribution >= 4 is 16.0 Å². The van der Waals surface area contributed by atoms with Crippen molar-refractivity contribution in [3.8, 4) is 11.5 Å². The Balaban J connectivity index is 2.00. The van der Waals surface area contributed by atoms with Crippen molar-refractivity contribution < 1.29 is 27.4 Å². The molecular weight excluding hydrogens is 418 g/mol. The van der Waals surface area contributed by atoms with E-state index in [4.69, 9.17) is 14.2 Å². The fourth-order valence-corrected chi connectivity index (χ4v) is 5.81. The zero-order valence-corrected chi connectivity index (χ0v) is 19.0. The number of piperidine rings is 1. The van der Waals surface area contributed by atoms with Gasteiger partial charge in [0.2, 0.25) is 10.0 Å². The van der Waals surface area contributed by atoms with Gasteiger partial charge in [0.25, 0.3) is 0 Å². The van der Waals surface area contributed by atoms with Crippen molar-refractivity contribution in [1.82, 2.24) is 4.31 Å².